The first-order valence-corrected chi connectivity index (χ1v) is 22.7. The summed E-state index contributed by atoms with van der Waals surface area (Å²) in [5.74, 6) is -4.45. The Bertz CT molecular complexity index is 2610. The number of rotatable bonds is 24. The van der Waals surface area contributed by atoms with Gasteiger partial charge in [0.05, 0.1) is 6.42 Å². The van der Waals surface area contributed by atoms with Crippen LogP contribution in [-0.2, 0) is 60.9 Å². The van der Waals surface area contributed by atoms with E-state index in [0.717, 1.165) is 21.9 Å². The minimum Gasteiger partial charge on any atom is -0.508 e. The Balaban J connectivity index is 1.23. The predicted octanol–water partition coefficient (Wildman–Crippen LogP) is 4.70. The van der Waals surface area contributed by atoms with Gasteiger partial charge in [-0.1, -0.05) is 146 Å². The Hall–Kier alpha value is -7.84. The van der Waals surface area contributed by atoms with Crippen LogP contribution in [0.4, 0.5) is 0 Å². The molecule has 0 aromatic heterocycles. The minimum atomic E-state index is -1.36. The normalized spacial score (nSPS) is 13.2. The van der Waals surface area contributed by atoms with Crippen molar-refractivity contribution in [3.8, 4) is 5.75 Å². The predicted molar refractivity (Wildman–Crippen MR) is 260 cm³/mol. The Morgan fingerprint density at radius 1 is 0.426 bits per heavy atom. The van der Waals surface area contributed by atoms with E-state index in [0.29, 0.717) is 36.1 Å². The number of nitrogens with one attached hydrogen (secondary N) is 5. The van der Waals surface area contributed by atoms with Crippen LogP contribution in [0.25, 0.3) is 10.8 Å². The molecule has 0 heterocycles. The van der Waals surface area contributed by atoms with Crippen LogP contribution in [0, 0.1) is 0 Å². The Kier molecular flexibility index (Phi) is 18.4. The van der Waals surface area contributed by atoms with Gasteiger partial charge >= 0.3 is 5.97 Å². The van der Waals surface area contributed by atoms with Crippen LogP contribution in [-0.4, -0.2) is 82.5 Å². The van der Waals surface area contributed by atoms with E-state index in [1.54, 1.807) is 48.5 Å². The fourth-order valence-electron chi connectivity index (χ4n) is 7.88. The lowest BCUT2D eigenvalue weighted by molar-refractivity contribution is -0.142. The van der Waals surface area contributed by atoms with Crippen LogP contribution in [0.3, 0.4) is 0 Å². The molecular weight excluding hydrogens is 861 g/mol. The smallest absolute Gasteiger partial charge is 0.326 e. The zero-order valence-corrected chi connectivity index (χ0v) is 37.7. The van der Waals surface area contributed by atoms with Crippen molar-refractivity contribution in [1.82, 2.24) is 26.6 Å². The summed E-state index contributed by atoms with van der Waals surface area (Å²) in [7, 11) is 0. The number of aromatic hydroxyl groups is 1. The van der Waals surface area contributed by atoms with Gasteiger partial charge in [-0.05, 0) is 76.5 Å². The topological polar surface area (TPSA) is 229 Å². The molecule has 0 saturated heterocycles. The monoisotopic (exact) mass is 918 g/mol. The molecule has 0 fully saturated rings. The Labute approximate surface area is 395 Å². The number of hydrogen-bond donors (Lipinski definition) is 8. The Morgan fingerprint density at radius 3 is 1.32 bits per heavy atom. The van der Waals surface area contributed by atoms with E-state index in [-0.39, 0.29) is 50.2 Å². The average molecular weight is 919 g/mol. The molecule has 0 radical (unpaired) electrons. The van der Waals surface area contributed by atoms with Crippen molar-refractivity contribution in [2.24, 2.45) is 5.73 Å². The maximum Gasteiger partial charge on any atom is 0.326 e. The van der Waals surface area contributed by atoms with Gasteiger partial charge in [0, 0.05) is 25.7 Å². The van der Waals surface area contributed by atoms with Gasteiger partial charge in [0.2, 0.25) is 29.5 Å². The van der Waals surface area contributed by atoms with E-state index < -0.39 is 59.8 Å². The maximum atomic E-state index is 14.6. The van der Waals surface area contributed by atoms with Crippen LogP contribution in [0.5, 0.6) is 5.75 Å². The molecule has 0 unspecified atom stereocenters. The summed E-state index contributed by atoms with van der Waals surface area (Å²) in [6.45, 7) is 0.322. The molecule has 5 atom stereocenters. The van der Waals surface area contributed by atoms with Crippen molar-refractivity contribution >= 4 is 46.3 Å². The van der Waals surface area contributed by atoms with Crippen molar-refractivity contribution in [2.45, 2.75) is 81.6 Å². The van der Waals surface area contributed by atoms with Crippen molar-refractivity contribution in [3.63, 3.8) is 0 Å². The summed E-state index contributed by atoms with van der Waals surface area (Å²) in [6, 6.07) is 40.6. The van der Waals surface area contributed by atoms with Gasteiger partial charge in [0.25, 0.3) is 0 Å². The number of carbonyl (C=O) groups excluding carboxylic acids is 5. The number of aliphatic carboxylic acids is 1. The number of benzene rings is 6. The third-order valence-corrected chi connectivity index (χ3v) is 11.5. The number of phenolic OH excluding ortho intramolecular Hbond substituents is 1. The number of carbonyl (C=O) groups is 6. The van der Waals surface area contributed by atoms with Gasteiger partial charge < -0.3 is 42.5 Å². The van der Waals surface area contributed by atoms with Gasteiger partial charge in [-0.25, -0.2) is 4.79 Å². The van der Waals surface area contributed by atoms with Crippen LogP contribution in [0.15, 0.2) is 158 Å². The number of unbranched alkanes of at least 4 members (excludes halogenated alkanes) is 1. The summed E-state index contributed by atoms with van der Waals surface area (Å²) in [6.07, 6.45) is 1.14. The standard InChI is InChI=1S/C54H58N6O8/c55-29-13-12-22-44(50(63)60-48(54(67)68)34-39-24-27-43(61)28-25-39)57-52(65)46(32-37-16-6-2-7-17-37)59-53(66)47(33-38-18-8-3-9-19-38)58-51(64)45(31-36-14-4-1-5-15-36)56-49(62)35-40-23-26-41-20-10-11-21-42(41)30-40/h1-11,14-21,23-28,30,44-48,61H,12-13,22,29,31-35,55H2,(H,56,62)(H,57,65)(H,58,64)(H,59,66)(H,60,63)(H,67,68)/t44-,45-,46-,47-,48-/m0/s1. The number of phenols is 1. The molecule has 0 bridgehead atoms. The molecule has 352 valence electrons. The van der Waals surface area contributed by atoms with Gasteiger partial charge in [-0.3, -0.25) is 24.0 Å². The van der Waals surface area contributed by atoms with Crippen LogP contribution < -0.4 is 32.3 Å². The summed E-state index contributed by atoms with van der Waals surface area (Å²) in [4.78, 5) is 83.4. The highest BCUT2D eigenvalue weighted by atomic mass is 16.4. The molecule has 5 amide bonds. The van der Waals surface area contributed by atoms with Crippen molar-refractivity contribution in [3.05, 3.63) is 186 Å². The van der Waals surface area contributed by atoms with Gasteiger partial charge in [0.15, 0.2) is 0 Å². The number of carboxylic acid groups (broad SMARTS) is 1. The van der Waals surface area contributed by atoms with Crippen LogP contribution in [0.2, 0.25) is 0 Å². The van der Waals surface area contributed by atoms with Gasteiger partial charge in [-0.2, -0.15) is 0 Å². The fourth-order valence-corrected chi connectivity index (χ4v) is 7.88. The van der Waals surface area contributed by atoms with Crippen molar-refractivity contribution in [1.29, 1.82) is 0 Å². The summed E-state index contributed by atoms with van der Waals surface area (Å²) >= 11 is 0. The first-order valence-electron chi connectivity index (χ1n) is 22.7. The number of fused-ring (bicyclic) bond motifs is 1. The highest BCUT2D eigenvalue weighted by Crippen LogP contribution is 2.17. The van der Waals surface area contributed by atoms with E-state index in [9.17, 15) is 39.0 Å². The molecule has 0 aliphatic rings. The lowest BCUT2D eigenvalue weighted by atomic mass is 10.00. The highest BCUT2D eigenvalue weighted by Gasteiger charge is 2.33. The van der Waals surface area contributed by atoms with Crippen LogP contribution in [0.1, 0.15) is 47.1 Å². The molecule has 9 N–H and O–H groups in total. The quantitative estimate of drug-likeness (QED) is 0.0393. The van der Waals surface area contributed by atoms with Crippen LogP contribution >= 0.6 is 0 Å². The van der Waals surface area contributed by atoms with E-state index in [1.165, 1.54) is 12.1 Å². The molecular formula is C54H58N6O8. The lowest BCUT2D eigenvalue weighted by Crippen LogP contribution is -2.60. The molecule has 0 aliphatic carbocycles. The molecule has 6 aromatic carbocycles. The number of nitrogens with two attached hydrogens (primary N) is 1. The van der Waals surface area contributed by atoms with Crippen molar-refractivity contribution in [2.75, 3.05) is 6.54 Å². The van der Waals surface area contributed by atoms with E-state index in [4.69, 9.17) is 5.73 Å². The number of hydrogen-bond acceptors (Lipinski definition) is 8. The van der Waals surface area contributed by atoms with E-state index in [1.807, 2.05) is 97.1 Å². The zero-order valence-electron chi connectivity index (χ0n) is 37.7. The molecule has 6 rings (SSSR count). The first-order chi connectivity index (χ1) is 32.9. The van der Waals surface area contributed by atoms with Gasteiger partial charge in [0.1, 0.15) is 36.0 Å². The largest absolute Gasteiger partial charge is 0.508 e. The minimum absolute atomic E-state index is 0.00161. The third-order valence-electron chi connectivity index (χ3n) is 11.5. The second kappa shape index (κ2) is 25.2. The molecule has 14 nitrogen and oxygen atoms in total. The molecule has 14 heteroatoms. The number of amides is 5. The molecule has 0 saturated carbocycles. The van der Waals surface area contributed by atoms with E-state index >= 15 is 0 Å². The number of carboxylic acids is 1. The van der Waals surface area contributed by atoms with Gasteiger partial charge in [-0.15, -0.1) is 0 Å². The SMILES string of the molecule is NCCCC[C@H](NC(=O)[C@H](Cc1ccccc1)NC(=O)[C@H](Cc1ccccc1)NC(=O)[C@H](Cc1ccccc1)NC(=O)Cc1ccc2ccccc2c1)C(=O)N[C@@H](Cc1ccc(O)cc1)C(=O)O. The summed E-state index contributed by atoms with van der Waals surface area (Å²) in [5, 5.41) is 35.8. The molecule has 68 heavy (non-hydrogen) atoms. The second-order valence-corrected chi connectivity index (χ2v) is 16.8. The fraction of sp³-hybridized carbons (Fsp3) is 0.259. The maximum absolute atomic E-state index is 14.6. The van der Waals surface area contributed by atoms with Crippen molar-refractivity contribution < 1.29 is 39.0 Å². The molecule has 6 aromatic rings. The molecule has 0 aliphatic heterocycles. The van der Waals surface area contributed by atoms with E-state index in [2.05, 4.69) is 26.6 Å². The molecule has 0 spiro atoms. The zero-order chi connectivity index (χ0) is 48.3. The highest BCUT2D eigenvalue weighted by molar-refractivity contribution is 5.96. The average Bonchev–Trinajstić information content (AvgIpc) is 3.34. The lowest BCUT2D eigenvalue weighted by Gasteiger charge is -2.27. The summed E-state index contributed by atoms with van der Waals surface area (Å²) < 4.78 is 0. The summed E-state index contributed by atoms with van der Waals surface area (Å²) in [5.41, 5.74) is 9.27. The Morgan fingerprint density at radius 2 is 0.824 bits per heavy atom. The third kappa shape index (κ3) is 15.4. The first kappa shape index (κ1) is 49.6. The second-order valence-electron chi connectivity index (χ2n) is 16.8.